The molecule has 94 valence electrons. The number of rotatable bonds is 2. The van der Waals surface area contributed by atoms with Crippen LogP contribution in [0.3, 0.4) is 0 Å². The molecular formula is C14H11N3OS. The highest BCUT2D eigenvalue weighted by Crippen LogP contribution is 2.21. The summed E-state index contributed by atoms with van der Waals surface area (Å²) >= 11 is 1.47. The van der Waals surface area contributed by atoms with E-state index in [1.807, 2.05) is 47.9 Å². The zero-order valence-electron chi connectivity index (χ0n) is 9.98. The second-order valence-corrected chi connectivity index (χ2v) is 4.63. The van der Waals surface area contributed by atoms with Crippen molar-refractivity contribution < 1.29 is 4.42 Å². The maximum absolute atomic E-state index is 5.17. The zero-order chi connectivity index (χ0) is 12.9. The first kappa shape index (κ1) is 11.8. The summed E-state index contributed by atoms with van der Waals surface area (Å²) in [5, 5.41) is 6.85. The van der Waals surface area contributed by atoms with Crippen molar-refractivity contribution >= 4 is 28.8 Å². The lowest BCUT2D eigenvalue weighted by Gasteiger charge is -2.11. The summed E-state index contributed by atoms with van der Waals surface area (Å²) in [7, 11) is 0. The Morgan fingerprint density at radius 3 is 2.74 bits per heavy atom. The number of thioether (sulfide) groups is 1. The van der Waals surface area contributed by atoms with Crippen molar-refractivity contribution in [2.24, 2.45) is 10.1 Å². The van der Waals surface area contributed by atoms with E-state index in [-0.39, 0.29) is 0 Å². The number of furan rings is 1. The van der Waals surface area contributed by atoms with Crippen molar-refractivity contribution in [2.45, 2.75) is 0 Å². The highest BCUT2D eigenvalue weighted by atomic mass is 32.2. The van der Waals surface area contributed by atoms with Crippen molar-refractivity contribution in [3.63, 3.8) is 0 Å². The van der Waals surface area contributed by atoms with Gasteiger partial charge in [0.25, 0.3) is 0 Å². The molecular weight excluding hydrogens is 258 g/mol. The molecule has 0 atom stereocenters. The Hall–Kier alpha value is -2.27. The first-order chi connectivity index (χ1) is 9.42. The number of amidine groups is 1. The Bertz CT molecular complexity index is 630. The third kappa shape index (κ3) is 2.95. The average molecular weight is 269 g/mol. The third-order valence-corrected chi connectivity index (χ3v) is 3.25. The number of hydrogen-bond acceptors (Lipinski definition) is 5. The highest BCUT2D eigenvalue weighted by molar-refractivity contribution is 8.16. The summed E-state index contributed by atoms with van der Waals surface area (Å²) in [4.78, 5) is 4.24. The van der Waals surface area contributed by atoms with Gasteiger partial charge in [0.1, 0.15) is 5.76 Å². The molecule has 1 aromatic carbocycles. The first-order valence-electron chi connectivity index (χ1n) is 5.75. The Morgan fingerprint density at radius 1 is 1.16 bits per heavy atom. The van der Waals surface area contributed by atoms with Gasteiger partial charge in [0.15, 0.2) is 0 Å². The highest BCUT2D eigenvalue weighted by Gasteiger charge is 2.07. The van der Waals surface area contributed by atoms with Gasteiger partial charge < -0.3 is 4.42 Å². The molecule has 0 fully saturated rings. The van der Waals surface area contributed by atoms with Crippen LogP contribution in [-0.2, 0) is 0 Å². The van der Waals surface area contributed by atoms with Crippen molar-refractivity contribution in [3.8, 4) is 0 Å². The second-order valence-electron chi connectivity index (χ2n) is 3.80. The van der Waals surface area contributed by atoms with E-state index in [1.165, 1.54) is 11.8 Å². The normalized spacial score (nSPS) is 14.9. The van der Waals surface area contributed by atoms with E-state index in [0.29, 0.717) is 10.9 Å². The lowest BCUT2D eigenvalue weighted by atomic mass is 10.2. The third-order valence-electron chi connectivity index (χ3n) is 2.48. The standard InChI is InChI=1S/C14H11N3OS/c1-2-5-11(6-3-1)13-10-19-14(17-16-13)15-9-12-7-4-8-18-12/h1-10,16H. The fraction of sp³-hybridized carbons (Fsp3) is 0. The van der Waals surface area contributed by atoms with Crippen molar-refractivity contribution in [2.75, 3.05) is 0 Å². The monoisotopic (exact) mass is 269 g/mol. The maximum atomic E-state index is 5.17. The molecule has 1 aliphatic rings. The Labute approximate surface area is 114 Å². The van der Waals surface area contributed by atoms with Gasteiger partial charge in [0.2, 0.25) is 5.17 Å². The van der Waals surface area contributed by atoms with Gasteiger partial charge in [-0.15, -0.1) is 5.10 Å². The molecule has 19 heavy (non-hydrogen) atoms. The van der Waals surface area contributed by atoms with Crippen molar-refractivity contribution in [3.05, 3.63) is 65.5 Å². The fourth-order valence-corrected chi connectivity index (χ4v) is 2.19. The van der Waals surface area contributed by atoms with E-state index in [1.54, 1.807) is 12.5 Å². The van der Waals surface area contributed by atoms with E-state index in [0.717, 1.165) is 11.3 Å². The van der Waals surface area contributed by atoms with E-state index < -0.39 is 0 Å². The predicted octanol–water partition coefficient (Wildman–Crippen LogP) is 3.30. The molecule has 5 heteroatoms. The van der Waals surface area contributed by atoms with Gasteiger partial charge in [-0.1, -0.05) is 42.1 Å². The largest absolute Gasteiger partial charge is 0.463 e. The number of nitrogens with one attached hydrogen (secondary N) is 1. The van der Waals surface area contributed by atoms with Crippen LogP contribution in [0.25, 0.3) is 5.70 Å². The van der Waals surface area contributed by atoms with E-state index in [9.17, 15) is 0 Å². The molecule has 0 unspecified atom stereocenters. The minimum atomic E-state index is 0.649. The molecule has 1 aliphatic heterocycles. The van der Waals surface area contributed by atoms with Crippen LogP contribution in [0.4, 0.5) is 0 Å². The lowest BCUT2D eigenvalue weighted by Crippen LogP contribution is -2.10. The summed E-state index contributed by atoms with van der Waals surface area (Å²) in [6.07, 6.45) is 3.26. The summed E-state index contributed by atoms with van der Waals surface area (Å²) in [6, 6.07) is 13.7. The molecule has 0 radical (unpaired) electrons. The molecule has 0 aliphatic carbocycles. The summed E-state index contributed by atoms with van der Waals surface area (Å²) < 4.78 is 5.17. The number of hydrogen-bond donors (Lipinski definition) is 1. The van der Waals surface area contributed by atoms with E-state index in [4.69, 9.17) is 4.42 Å². The topological polar surface area (TPSA) is 49.9 Å². The first-order valence-corrected chi connectivity index (χ1v) is 6.63. The number of benzene rings is 1. The van der Waals surface area contributed by atoms with Crippen LogP contribution in [0.15, 0.2) is 68.6 Å². The molecule has 0 saturated heterocycles. The quantitative estimate of drug-likeness (QED) is 0.851. The molecule has 2 aromatic rings. The van der Waals surface area contributed by atoms with Gasteiger partial charge in [-0.2, -0.15) is 0 Å². The number of hydrazone groups is 1. The van der Waals surface area contributed by atoms with Gasteiger partial charge in [0, 0.05) is 11.0 Å². The fourth-order valence-electron chi connectivity index (χ4n) is 1.57. The summed E-state index contributed by atoms with van der Waals surface area (Å²) in [5.74, 6) is 0.709. The van der Waals surface area contributed by atoms with Crippen LogP contribution < -0.4 is 5.43 Å². The minimum Gasteiger partial charge on any atom is -0.463 e. The number of nitrogens with zero attached hydrogens (tertiary/aromatic N) is 2. The van der Waals surface area contributed by atoms with E-state index >= 15 is 0 Å². The zero-order valence-corrected chi connectivity index (χ0v) is 10.8. The molecule has 0 saturated carbocycles. The van der Waals surface area contributed by atoms with Crippen LogP contribution in [-0.4, -0.2) is 11.4 Å². The summed E-state index contributed by atoms with van der Waals surface area (Å²) in [5.41, 5.74) is 5.08. The molecule has 3 rings (SSSR count). The van der Waals surface area contributed by atoms with Crippen molar-refractivity contribution in [1.29, 1.82) is 0 Å². The van der Waals surface area contributed by atoms with Crippen LogP contribution in [0.2, 0.25) is 0 Å². The lowest BCUT2D eigenvalue weighted by molar-refractivity contribution is 0.560. The average Bonchev–Trinajstić information content (AvgIpc) is 3.00. The van der Waals surface area contributed by atoms with Gasteiger partial charge in [0.05, 0.1) is 18.2 Å². The number of aliphatic imine (C=N–C) groups is 1. The smallest absolute Gasteiger partial charge is 0.211 e. The van der Waals surface area contributed by atoms with Crippen LogP contribution in [0, 0.1) is 0 Å². The van der Waals surface area contributed by atoms with Gasteiger partial charge in [-0.05, 0) is 12.1 Å². The van der Waals surface area contributed by atoms with Gasteiger partial charge in [-0.3, -0.25) is 5.43 Å². The molecule has 1 N–H and O–H groups in total. The van der Waals surface area contributed by atoms with Crippen LogP contribution >= 0.6 is 11.8 Å². The molecule has 2 heterocycles. The second kappa shape index (κ2) is 5.58. The van der Waals surface area contributed by atoms with Crippen molar-refractivity contribution in [1.82, 2.24) is 5.43 Å². The SMILES string of the molecule is C(=NC1=NNC(c2ccccc2)=CS1)c1ccco1. The molecule has 0 bridgehead atoms. The Morgan fingerprint density at radius 2 is 2.05 bits per heavy atom. The molecule has 1 aromatic heterocycles. The van der Waals surface area contributed by atoms with Gasteiger partial charge in [-0.25, -0.2) is 4.99 Å². The Kier molecular flexibility index (Phi) is 3.47. The minimum absolute atomic E-state index is 0.649. The maximum Gasteiger partial charge on any atom is 0.211 e. The van der Waals surface area contributed by atoms with Gasteiger partial charge >= 0.3 is 0 Å². The molecule has 0 spiro atoms. The van der Waals surface area contributed by atoms with E-state index in [2.05, 4.69) is 15.5 Å². The predicted molar refractivity (Wildman–Crippen MR) is 78.9 cm³/mol. The van der Waals surface area contributed by atoms with Crippen LogP contribution in [0.1, 0.15) is 11.3 Å². The van der Waals surface area contributed by atoms with Crippen LogP contribution in [0.5, 0.6) is 0 Å². The molecule has 0 amide bonds. The molecule has 4 nitrogen and oxygen atoms in total. The summed E-state index contributed by atoms with van der Waals surface area (Å²) in [6.45, 7) is 0. The Balaban J connectivity index is 1.66.